The zero-order valence-electron chi connectivity index (χ0n) is 13.3. The molecule has 0 unspecified atom stereocenters. The van der Waals surface area contributed by atoms with Crippen molar-refractivity contribution >= 4 is 34.9 Å². The van der Waals surface area contributed by atoms with Gasteiger partial charge in [-0.2, -0.15) is 0 Å². The number of rotatable bonds is 4. The van der Waals surface area contributed by atoms with E-state index in [-0.39, 0.29) is 22.5 Å². The van der Waals surface area contributed by atoms with Crippen molar-refractivity contribution in [1.82, 2.24) is 9.80 Å². The van der Waals surface area contributed by atoms with Crippen LogP contribution in [0.3, 0.4) is 0 Å². The first kappa shape index (κ1) is 17.9. The maximum atomic E-state index is 13.6. The number of carbonyl (C=O) groups is 2. The van der Waals surface area contributed by atoms with E-state index in [1.54, 1.807) is 15.9 Å². The van der Waals surface area contributed by atoms with Crippen LogP contribution in [-0.4, -0.2) is 53.5 Å². The van der Waals surface area contributed by atoms with Gasteiger partial charge in [0.25, 0.3) is 5.91 Å². The van der Waals surface area contributed by atoms with Crippen LogP contribution in [-0.2, 0) is 4.79 Å². The lowest BCUT2D eigenvalue weighted by Gasteiger charge is -2.34. The van der Waals surface area contributed by atoms with E-state index in [1.807, 2.05) is 11.4 Å². The molecule has 1 fully saturated rings. The lowest BCUT2D eigenvalue weighted by molar-refractivity contribution is -0.129. The summed E-state index contributed by atoms with van der Waals surface area (Å²) in [6.45, 7) is 1.89. The first-order chi connectivity index (χ1) is 12.0. The topological polar surface area (TPSA) is 40.6 Å². The van der Waals surface area contributed by atoms with Crippen molar-refractivity contribution in [2.45, 2.75) is 4.90 Å². The predicted molar refractivity (Wildman–Crippen MR) is 93.9 cm³/mol. The highest BCUT2D eigenvalue weighted by molar-refractivity contribution is 8.00. The SMILES string of the molecule is O=C(CSc1ccc(F)cc1F)N1CCN(C(=O)c2cccs2)CC1. The minimum absolute atomic E-state index is 0.00939. The smallest absolute Gasteiger partial charge is 0.264 e. The fourth-order valence-electron chi connectivity index (χ4n) is 2.54. The summed E-state index contributed by atoms with van der Waals surface area (Å²) in [5.74, 6) is -1.34. The fraction of sp³-hybridized carbons (Fsp3) is 0.294. The average molecular weight is 382 g/mol. The lowest BCUT2D eigenvalue weighted by atomic mass is 10.3. The summed E-state index contributed by atoms with van der Waals surface area (Å²) in [6, 6.07) is 6.94. The Morgan fingerprint density at radius 2 is 1.80 bits per heavy atom. The molecule has 0 N–H and O–H groups in total. The van der Waals surface area contributed by atoms with E-state index in [9.17, 15) is 18.4 Å². The highest BCUT2D eigenvalue weighted by Crippen LogP contribution is 2.23. The molecule has 1 aromatic heterocycles. The average Bonchev–Trinajstić information content (AvgIpc) is 3.15. The zero-order valence-corrected chi connectivity index (χ0v) is 14.9. The molecular formula is C17H16F2N2O2S2. The first-order valence-electron chi connectivity index (χ1n) is 7.73. The Balaban J connectivity index is 1.49. The Hall–Kier alpha value is -1.93. The molecule has 0 aliphatic carbocycles. The van der Waals surface area contributed by atoms with Crippen LogP contribution in [0, 0.1) is 11.6 Å². The van der Waals surface area contributed by atoms with Crippen molar-refractivity contribution in [3.05, 3.63) is 52.2 Å². The second-order valence-electron chi connectivity index (χ2n) is 5.51. The van der Waals surface area contributed by atoms with Crippen LogP contribution in [0.5, 0.6) is 0 Å². The third-order valence-electron chi connectivity index (χ3n) is 3.90. The van der Waals surface area contributed by atoms with Gasteiger partial charge in [-0.05, 0) is 23.6 Å². The molecule has 3 rings (SSSR count). The standard InChI is InChI=1S/C17H16F2N2O2S2/c18-12-3-4-14(13(19)10-12)25-11-16(22)20-5-7-21(8-6-20)17(23)15-2-1-9-24-15/h1-4,9-10H,5-8,11H2. The van der Waals surface area contributed by atoms with Crippen molar-refractivity contribution in [2.24, 2.45) is 0 Å². The molecule has 132 valence electrons. The van der Waals surface area contributed by atoms with E-state index in [4.69, 9.17) is 0 Å². The van der Waals surface area contributed by atoms with Gasteiger partial charge in [0.05, 0.1) is 10.6 Å². The van der Waals surface area contributed by atoms with E-state index in [0.29, 0.717) is 31.1 Å². The van der Waals surface area contributed by atoms with Crippen LogP contribution >= 0.6 is 23.1 Å². The van der Waals surface area contributed by atoms with Gasteiger partial charge in [0.15, 0.2) is 0 Å². The number of nitrogens with zero attached hydrogens (tertiary/aromatic N) is 2. The van der Waals surface area contributed by atoms with Crippen LogP contribution < -0.4 is 0 Å². The van der Waals surface area contributed by atoms with Gasteiger partial charge in [-0.1, -0.05) is 6.07 Å². The summed E-state index contributed by atoms with van der Waals surface area (Å²) in [6.07, 6.45) is 0. The molecule has 0 atom stereocenters. The highest BCUT2D eigenvalue weighted by Gasteiger charge is 2.25. The van der Waals surface area contributed by atoms with Crippen LogP contribution in [0.15, 0.2) is 40.6 Å². The molecule has 2 amide bonds. The third kappa shape index (κ3) is 4.38. The maximum absolute atomic E-state index is 13.6. The molecule has 4 nitrogen and oxygen atoms in total. The number of thiophene rings is 1. The predicted octanol–water partition coefficient (Wildman–Crippen LogP) is 3.10. The van der Waals surface area contributed by atoms with Crippen molar-refractivity contribution in [3.8, 4) is 0 Å². The summed E-state index contributed by atoms with van der Waals surface area (Å²) in [7, 11) is 0. The number of hydrogen-bond donors (Lipinski definition) is 0. The largest absolute Gasteiger partial charge is 0.338 e. The Kier molecular flexibility index (Phi) is 5.70. The van der Waals surface area contributed by atoms with E-state index in [2.05, 4.69) is 0 Å². The van der Waals surface area contributed by atoms with Gasteiger partial charge in [0, 0.05) is 37.1 Å². The minimum atomic E-state index is -0.663. The molecule has 2 aromatic rings. The van der Waals surface area contributed by atoms with Crippen molar-refractivity contribution < 1.29 is 18.4 Å². The normalized spacial score (nSPS) is 14.6. The number of piperazine rings is 1. The molecule has 2 heterocycles. The molecule has 0 spiro atoms. The summed E-state index contributed by atoms with van der Waals surface area (Å²) in [5, 5.41) is 1.86. The van der Waals surface area contributed by atoms with E-state index in [1.165, 1.54) is 23.5 Å². The van der Waals surface area contributed by atoms with Gasteiger partial charge in [-0.15, -0.1) is 23.1 Å². The summed E-state index contributed by atoms with van der Waals surface area (Å²) in [4.78, 5) is 28.9. The number of amides is 2. The zero-order chi connectivity index (χ0) is 17.8. The molecule has 0 saturated carbocycles. The van der Waals surface area contributed by atoms with Crippen LogP contribution in [0.2, 0.25) is 0 Å². The van der Waals surface area contributed by atoms with E-state index < -0.39 is 11.6 Å². The third-order valence-corrected chi connectivity index (χ3v) is 5.79. The molecule has 0 bridgehead atoms. The molecule has 1 aliphatic heterocycles. The molecular weight excluding hydrogens is 366 g/mol. The van der Waals surface area contributed by atoms with Gasteiger partial charge >= 0.3 is 0 Å². The number of benzene rings is 1. The van der Waals surface area contributed by atoms with Crippen LogP contribution in [0.25, 0.3) is 0 Å². The van der Waals surface area contributed by atoms with Crippen LogP contribution in [0.4, 0.5) is 8.78 Å². The minimum Gasteiger partial charge on any atom is -0.338 e. The Morgan fingerprint density at radius 3 is 2.44 bits per heavy atom. The molecule has 0 radical (unpaired) electrons. The second-order valence-corrected chi connectivity index (χ2v) is 7.48. The van der Waals surface area contributed by atoms with E-state index >= 15 is 0 Å². The van der Waals surface area contributed by atoms with Crippen LogP contribution in [0.1, 0.15) is 9.67 Å². The molecule has 1 aliphatic rings. The fourth-order valence-corrected chi connectivity index (χ4v) is 4.05. The second kappa shape index (κ2) is 7.97. The van der Waals surface area contributed by atoms with Crippen molar-refractivity contribution in [2.75, 3.05) is 31.9 Å². The van der Waals surface area contributed by atoms with Gasteiger partial charge in [0.1, 0.15) is 11.6 Å². The highest BCUT2D eigenvalue weighted by atomic mass is 32.2. The molecule has 1 saturated heterocycles. The first-order valence-corrected chi connectivity index (χ1v) is 9.59. The van der Waals surface area contributed by atoms with Crippen molar-refractivity contribution in [1.29, 1.82) is 0 Å². The number of thioether (sulfide) groups is 1. The lowest BCUT2D eigenvalue weighted by Crippen LogP contribution is -2.51. The number of halogens is 2. The van der Waals surface area contributed by atoms with Gasteiger partial charge in [0.2, 0.25) is 5.91 Å². The van der Waals surface area contributed by atoms with Gasteiger partial charge < -0.3 is 9.80 Å². The monoisotopic (exact) mass is 382 g/mol. The molecule has 1 aromatic carbocycles. The Bertz CT molecular complexity index is 760. The maximum Gasteiger partial charge on any atom is 0.264 e. The Morgan fingerprint density at radius 1 is 1.08 bits per heavy atom. The number of carbonyl (C=O) groups excluding carboxylic acids is 2. The molecule has 25 heavy (non-hydrogen) atoms. The van der Waals surface area contributed by atoms with Crippen molar-refractivity contribution in [3.63, 3.8) is 0 Å². The van der Waals surface area contributed by atoms with Gasteiger partial charge in [-0.25, -0.2) is 8.78 Å². The number of hydrogen-bond acceptors (Lipinski definition) is 4. The Labute approximate surface area is 152 Å². The van der Waals surface area contributed by atoms with E-state index in [0.717, 1.165) is 17.8 Å². The summed E-state index contributed by atoms with van der Waals surface area (Å²) < 4.78 is 26.5. The summed E-state index contributed by atoms with van der Waals surface area (Å²) in [5.41, 5.74) is 0. The molecule has 8 heteroatoms. The quantitative estimate of drug-likeness (QED) is 0.763. The summed E-state index contributed by atoms with van der Waals surface area (Å²) >= 11 is 2.45. The van der Waals surface area contributed by atoms with Gasteiger partial charge in [-0.3, -0.25) is 9.59 Å².